The lowest BCUT2D eigenvalue weighted by Crippen LogP contribution is -1.89. The number of para-hydroxylation sites is 1. The summed E-state index contributed by atoms with van der Waals surface area (Å²) in [6.07, 6.45) is 6.25. The van der Waals surface area contributed by atoms with E-state index in [4.69, 9.17) is 5.21 Å². The summed E-state index contributed by atoms with van der Waals surface area (Å²) >= 11 is 0. The summed E-state index contributed by atoms with van der Waals surface area (Å²) in [5, 5.41) is 13.1. The highest BCUT2D eigenvalue weighted by Gasteiger charge is 1.98. The molecule has 86 valence electrons. The number of oxime groups is 1. The van der Waals surface area contributed by atoms with Gasteiger partial charge in [-0.1, -0.05) is 36.4 Å². The smallest absolute Gasteiger partial charge is 0.0793 e. The number of hydrogen-bond donors (Lipinski definition) is 1. The van der Waals surface area contributed by atoms with Crippen LogP contribution in [0, 0.1) is 0 Å². The van der Waals surface area contributed by atoms with E-state index < -0.39 is 0 Å². The van der Waals surface area contributed by atoms with E-state index >= 15 is 0 Å². The van der Waals surface area contributed by atoms with Crippen LogP contribution in [0.5, 0.6) is 0 Å². The van der Waals surface area contributed by atoms with Crippen molar-refractivity contribution in [3.63, 3.8) is 0 Å². The Hall–Kier alpha value is -2.16. The molecule has 0 aliphatic heterocycles. The molecular weight excluding hydrogens is 212 g/mol. The molecule has 2 rings (SSSR count). The zero-order valence-electron chi connectivity index (χ0n) is 9.67. The maximum absolute atomic E-state index is 8.74. The Bertz CT molecular complexity index is 568. The molecular formula is C14H14N2O. The second-order valence-corrected chi connectivity index (χ2v) is 3.70. The van der Waals surface area contributed by atoms with Crippen molar-refractivity contribution in [3.05, 3.63) is 48.2 Å². The standard InChI is InChI=1S/C14H14N2O/c1-2-12(16-17)8-7-11-9-10-15-14-6-4-3-5-13(11)14/h3-10,17H,2H2,1H3/b8-7+,16-12+. The van der Waals surface area contributed by atoms with Gasteiger partial charge >= 0.3 is 0 Å². The maximum Gasteiger partial charge on any atom is 0.0793 e. The number of hydrogen-bond acceptors (Lipinski definition) is 3. The second kappa shape index (κ2) is 5.25. The van der Waals surface area contributed by atoms with E-state index in [0.717, 1.165) is 16.5 Å². The van der Waals surface area contributed by atoms with E-state index in [1.165, 1.54) is 0 Å². The molecule has 0 aliphatic carbocycles. The molecule has 0 saturated carbocycles. The van der Waals surface area contributed by atoms with Crippen molar-refractivity contribution >= 4 is 22.7 Å². The minimum atomic E-state index is 0.658. The zero-order chi connectivity index (χ0) is 12.1. The van der Waals surface area contributed by atoms with E-state index in [-0.39, 0.29) is 0 Å². The van der Waals surface area contributed by atoms with E-state index in [1.807, 2.05) is 49.4 Å². The summed E-state index contributed by atoms with van der Waals surface area (Å²) < 4.78 is 0. The predicted molar refractivity (Wildman–Crippen MR) is 70.3 cm³/mol. The van der Waals surface area contributed by atoms with Gasteiger partial charge in [0.05, 0.1) is 11.2 Å². The van der Waals surface area contributed by atoms with Gasteiger partial charge in [0.1, 0.15) is 0 Å². The number of allylic oxidation sites excluding steroid dienone is 1. The van der Waals surface area contributed by atoms with Gasteiger partial charge in [-0.25, -0.2) is 0 Å². The molecule has 3 heteroatoms. The molecule has 0 spiro atoms. The van der Waals surface area contributed by atoms with Crippen molar-refractivity contribution in [3.8, 4) is 0 Å². The zero-order valence-corrected chi connectivity index (χ0v) is 9.67. The van der Waals surface area contributed by atoms with Gasteiger partial charge in [0, 0.05) is 11.6 Å². The maximum atomic E-state index is 8.74. The van der Waals surface area contributed by atoms with Gasteiger partial charge in [0.2, 0.25) is 0 Å². The lowest BCUT2D eigenvalue weighted by molar-refractivity contribution is 0.318. The normalized spacial score (nSPS) is 12.4. The first-order valence-electron chi connectivity index (χ1n) is 5.58. The Morgan fingerprint density at radius 2 is 2.18 bits per heavy atom. The highest BCUT2D eigenvalue weighted by molar-refractivity contribution is 5.99. The van der Waals surface area contributed by atoms with Crippen molar-refractivity contribution in [2.24, 2.45) is 5.16 Å². The largest absolute Gasteiger partial charge is 0.411 e. The van der Waals surface area contributed by atoms with Crippen molar-refractivity contribution < 1.29 is 5.21 Å². The molecule has 1 N–H and O–H groups in total. The summed E-state index contributed by atoms with van der Waals surface area (Å²) in [6, 6.07) is 9.92. The fourth-order valence-electron chi connectivity index (χ4n) is 1.67. The molecule has 0 radical (unpaired) electrons. The number of pyridine rings is 1. The van der Waals surface area contributed by atoms with Crippen LogP contribution < -0.4 is 0 Å². The molecule has 0 bridgehead atoms. The van der Waals surface area contributed by atoms with Crippen LogP contribution in [-0.2, 0) is 0 Å². The van der Waals surface area contributed by atoms with Crippen molar-refractivity contribution in [1.82, 2.24) is 4.98 Å². The van der Waals surface area contributed by atoms with E-state index in [9.17, 15) is 0 Å². The topological polar surface area (TPSA) is 45.5 Å². The van der Waals surface area contributed by atoms with E-state index in [1.54, 1.807) is 6.20 Å². The third-order valence-corrected chi connectivity index (χ3v) is 2.63. The number of fused-ring (bicyclic) bond motifs is 1. The van der Waals surface area contributed by atoms with Crippen LogP contribution in [0.1, 0.15) is 18.9 Å². The third kappa shape index (κ3) is 2.50. The van der Waals surface area contributed by atoms with Crippen LogP contribution in [-0.4, -0.2) is 15.9 Å². The number of nitrogens with zero attached hydrogens (tertiary/aromatic N) is 2. The van der Waals surface area contributed by atoms with Gasteiger partial charge in [-0.15, -0.1) is 0 Å². The van der Waals surface area contributed by atoms with E-state index in [2.05, 4.69) is 10.1 Å². The van der Waals surface area contributed by atoms with Gasteiger partial charge < -0.3 is 5.21 Å². The molecule has 1 aromatic carbocycles. The quantitative estimate of drug-likeness (QED) is 0.494. The fourth-order valence-corrected chi connectivity index (χ4v) is 1.67. The van der Waals surface area contributed by atoms with Crippen LogP contribution in [0.25, 0.3) is 17.0 Å². The Morgan fingerprint density at radius 1 is 1.35 bits per heavy atom. The van der Waals surface area contributed by atoms with Crippen LogP contribution >= 0.6 is 0 Å². The van der Waals surface area contributed by atoms with Crippen molar-refractivity contribution in [1.29, 1.82) is 0 Å². The molecule has 2 aromatic rings. The highest BCUT2D eigenvalue weighted by Crippen LogP contribution is 2.17. The molecule has 0 atom stereocenters. The summed E-state index contributed by atoms with van der Waals surface area (Å²) in [7, 11) is 0. The summed E-state index contributed by atoms with van der Waals surface area (Å²) in [4.78, 5) is 4.30. The molecule has 1 heterocycles. The molecule has 0 saturated heterocycles. The SMILES string of the molecule is CCC(/C=C/c1ccnc2ccccc12)=N\O. The van der Waals surface area contributed by atoms with Gasteiger partial charge in [0.25, 0.3) is 0 Å². The molecule has 3 nitrogen and oxygen atoms in total. The van der Waals surface area contributed by atoms with Gasteiger partial charge in [0.15, 0.2) is 0 Å². The number of aromatic nitrogens is 1. The Morgan fingerprint density at radius 3 is 2.94 bits per heavy atom. The van der Waals surface area contributed by atoms with Crippen molar-refractivity contribution in [2.45, 2.75) is 13.3 Å². The third-order valence-electron chi connectivity index (χ3n) is 2.63. The molecule has 0 aliphatic rings. The first-order chi connectivity index (χ1) is 8.35. The van der Waals surface area contributed by atoms with Gasteiger partial charge in [-0.2, -0.15) is 0 Å². The number of rotatable bonds is 3. The lowest BCUT2D eigenvalue weighted by Gasteiger charge is -2.00. The average molecular weight is 226 g/mol. The predicted octanol–water partition coefficient (Wildman–Crippen LogP) is 3.49. The Kier molecular flexibility index (Phi) is 3.50. The average Bonchev–Trinajstić information content (AvgIpc) is 2.40. The fraction of sp³-hybridized carbons (Fsp3) is 0.143. The second-order valence-electron chi connectivity index (χ2n) is 3.70. The molecule has 0 unspecified atom stereocenters. The first kappa shape index (κ1) is 11.3. The van der Waals surface area contributed by atoms with Crippen LogP contribution in [0.15, 0.2) is 47.8 Å². The summed E-state index contributed by atoms with van der Waals surface area (Å²) in [6.45, 7) is 1.95. The molecule has 17 heavy (non-hydrogen) atoms. The van der Waals surface area contributed by atoms with Gasteiger partial charge in [-0.05, 0) is 30.2 Å². The Labute approximate surface area is 100 Å². The van der Waals surface area contributed by atoms with Crippen molar-refractivity contribution in [2.75, 3.05) is 0 Å². The first-order valence-corrected chi connectivity index (χ1v) is 5.58. The van der Waals surface area contributed by atoms with Gasteiger partial charge in [-0.3, -0.25) is 4.98 Å². The number of benzene rings is 1. The van der Waals surface area contributed by atoms with Crippen LogP contribution in [0.2, 0.25) is 0 Å². The highest BCUT2D eigenvalue weighted by atomic mass is 16.4. The molecule has 0 amide bonds. The lowest BCUT2D eigenvalue weighted by atomic mass is 10.1. The Balaban J connectivity index is 2.43. The summed E-state index contributed by atoms with van der Waals surface area (Å²) in [5.41, 5.74) is 2.70. The minimum Gasteiger partial charge on any atom is -0.411 e. The monoisotopic (exact) mass is 226 g/mol. The molecule has 1 aromatic heterocycles. The molecule has 0 fully saturated rings. The van der Waals surface area contributed by atoms with Crippen LogP contribution in [0.4, 0.5) is 0 Å². The van der Waals surface area contributed by atoms with Crippen LogP contribution in [0.3, 0.4) is 0 Å². The minimum absolute atomic E-state index is 0.658. The summed E-state index contributed by atoms with van der Waals surface area (Å²) in [5.74, 6) is 0. The van der Waals surface area contributed by atoms with E-state index in [0.29, 0.717) is 12.1 Å².